The quantitative estimate of drug-likeness (QED) is 0.235. The minimum atomic E-state index is -4.73. The number of hydrogen-bond acceptors (Lipinski definition) is 4. The summed E-state index contributed by atoms with van der Waals surface area (Å²) in [4.78, 5) is 2.38. The van der Waals surface area contributed by atoms with Crippen molar-refractivity contribution in [3.63, 3.8) is 0 Å². The zero-order chi connectivity index (χ0) is 28.3. The van der Waals surface area contributed by atoms with Gasteiger partial charge < -0.3 is 20.1 Å². The number of benzene rings is 1. The van der Waals surface area contributed by atoms with Gasteiger partial charge in [0.1, 0.15) is 5.75 Å². The molecule has 1 aromatic rings. The fourth-order valence-corrected chi connectivity index (χ4v) is 4.92. The fourth-order valence-electron chi connectivity index (χ4n) is 4.92. The largest absolute Gasteiger partial charge is 0.573 e. The minimum Gasteiger partial charge on any atom is -0.406 e. The third-order valence-electron chi connectivity index (χ3n) is 7.12. The number of nitrogens with one attached hydrogen (secondary N) is 1. The van der Waals surface area contributed by atoms with Crippen LogP contribution >= 0.6 is 0 Å². The number of alkyl halides is 3. The van der Waals surface area contributed by atoms with Crippen molar-refractivity contribution >= 4 is 5.69 Å². The van der Waals surface area contributed by atoms with Crippen LogP contribution in [-0.4, -0.2) is 36.1 Å². The lowest BCUT2D eigenvalue weighted by Gasteiger charge is -2.43. The molecule has 38 heavy (non-hydrogen) atoms. The second-order valence-corrected chi connectivity index (χ2v) is 9.83. The number of anilines is 1. The van der Waals surface area contributed by atoms with Gasteiger partial charge in [-0.2, -0.15) is 0 Å². The van der Waals surface area contributed by atoms with Crippen molar-refractivity contribution in [3.8, 4) is 5.75 Å². The molecule has 4 nitrogen and oxygen atoms in total. The average molecular weight is 535 g/mol. The standard InChI is InChI=1S/C31H45F3N2O2/c1-7-12-27(24(10-4)11-5)29(28(13-8-2)36-20-23(21-36)18-19-37)30(22(6)9-3)35-25-14-16-26(17-15-25)38-31(32,33)34/h8,12-17,23-24,35,37H,7,9-11,18-21H2,1-6H3/b13-8-,27-12+,29-28+,30-22+. The molecule has 1 aliphatic heterocycles. The van der Waals surface area contributed by atoms with Gasteiger partial charge in [0.25, 0.3) is 0 Å². The van der Waals surface area contributed by atoms with E-state index in [2.05, 4.69) is 67.8 Å². The Hall–Kier alpha value is -2.67. The summed E-state index contributed by atoms with van der Waals surface area (Å²) >= 11 is 0. The Balaban J connectivity index is 2.69. The first-order valence-corrected chi connectivity index (χ1v) is 13.9. The minimum absolute atomic E-state index is 0.193. The Morgan fingerprint density at radius 1 is 1.13 bits per heavy atom. The van der Waals surface area contributed by atoms with E-state index in [1.54, 1.807) is 12.1 Å². The molecular formula is C31H45F3N2O2. The molecule has 1 fully saturated rings. The number of halogens is 3. The van der Waals surface area contributed by atoms with Gasteiger partial charge in [0.2, 0.25) is 0 Å². The lowest BCUT2D eigenvalue weighted by Crippen LogP contribution is -2.46. The lowest BCUT2D eigenvalue weighted by atomic mass is 9.82. The highest BCUT2D eigenvalue weighted by atomic mass is 19.4. The van der Waals surface area contributed by atoms with E-state index in [1.165, 1.54) is 17.7 Å². The highest BCUT2D eigenvalue weighted by Crippen LogP contribution is 2.39. The first-order chi connectivity index (χ1) is 18.1. The predicted molar refractivity (Wildman–Crippen MR) is 151 cm³/mol. The molecule has 1 heterocycles. The SMILES string of the molecule is C\C=C/C(=C(C(=C/CC)/C(CC)CC)\C(Nc1ccc(OC(F)(F)F)cc1)=C(\C)CC)N1CC(CCO)C1. The van der Waals surface area contributed by atoms with Crippen LogP contribution in [-0.2, 0) is 0 Å². The lowest BCUT2D eigenvalue weighted by molar-refractivity contribution is -0.274. The average Bonchev–Trinajstić information content (AvgIpc) is 2.85. The summed E-state index contributed by atoms with van der Waals surface area (Å²) in [6.45, 7) is 14.8. The van der Waals surface area contributed by atoms with Gasteiger partial charge in [-0.25, -0.2) is 0 Å². The number of aliphatic hydroxyl groups excluding tert-OH is 1. The molecule has 0 amide bonds. The summed E-state index contributed by atoms with van der Waals surface area (Å²) in [5, 5.41) is 13.0. The Morgan fingerprint density at radius 3 is 2.24 bits per heavy atom. The molecule has 2 rings (SSSR count). The van der Waals surface area contributed by atoms with E-state index in [1.807, 2.05) is 6.92 Å². The molecule has 0 spiro atoms. The summed E-state index contributed by atoms with van der Waals surface area (Å²) in [6, 6.07) is 5.92. The molecular weight excluding hydrogens is 489 g/mol. The summed E-state index contributed by atoms with van der Waals surface area (Å²) < 4.78 is 42.1. The number of nitrogens with zero attached hydrogens (tertiary/aromatic N) is 1. The molecule has 1 aromatic carbocycles. The number of ether oxygens (including phenoxy) is 1. The van der Waals surface area contributed by atoms with Gasteiger partial charge in [-0.15, -0.1) is 13.2 Å². The predicted octanol–water partition coefficient (Wildman–Crippen LogP) is 8.60. The van der Waals surface area contributed by atoms with Crippen molar-refractivity contribution in [2.75, 3.05) is 25.0 Å². The maximum absolute atomic E-state index is 12.7. The van der Waals surface area contributed by atoms with Crippen LogP contribution in [0, 0.1) is 11.8 Å². The van der Waals surface area contributed by atoms with Gasteiger partial charge in [-0.1, -0.05) is 39.8 Å². The highest BCUT2D eigenvalue weighted by Gasteiger charge is 2.32. The zero-order valence-electron chi connectivity index (χ0n) is 23.8. The summed E-state index contributed by atoms with van der Waals surface area (Å²) in [5.74, 6) is 0.580. The molecule has 2 N–H and O–H groups in total. The van der Waals surface area contributed by atoms with E-state index in [0.29, 0.717) is 17.5 Å². The van der Waals surface area contributed by atoms with Gasteiger partial charge in [0, 0.05) is 42.4 Å². The van der Waals surface area contributed by atoms with Gasteiger partial charge in [-0.05, 0) is 99.3 Å². The number of hydrogen-bond donors (Lipinski definition) is 2. The highest BCUT2D eigenvalue weighted by molar-refractivity contribution is 5.63. The van der Waals surface area contributed by atoms with Crippen LogP contribution in [0.5, 0.6) is 5.75 Å². The van der Waals surface area contributed by atoms with Gasteiger partial charge >= 0.3 is 6.36 Å². The van der Waals surface area contributed by atoms with E-state index in [-0.39, 0.29) is 12.4 Å². The van der Waals surface area contributed by atoms with E-state index in [9.17, 15) is 18.3 Å². The molecule has 0 aromatic heterocycles. The van der Waals surface area contributed by atoms with Crippen molar-refractivity contribution in [1.29, 1.82) is 0 Å². The first-order valence-electron chi connectivity index (χ1n) is 13.9. The van der Waals surface area contributed by atoms with Crippen LogP contribution in [0.25, 0.3) is 0 Å². The fraction of sp³-hybridized carbons (Fsp3) is 0.548. The molecule has 7 heteroatoms. The summed E-state index contributed by atoms with van der Waals surface area (Å²) in [5.41, 5.74) is 6.43. The van der Waals surface area contributed by atoms with Gasteiger partial charge in [-0.3, -0.25) is 0 Å². The third kappa shape index (κ3) is 8.69. The molecule has 0 radical (unpaired) electrons. The molecule has 0 bridgehead atoms. The van der Waals surface area contributed by atoms with Gasteiger partial charge in [0.15, 0.2) is 0 Å². The summed E-state index contributed by atoms with van der Waals surface area (Å²) in [6.07, 6.45) is 6.35. The summed E-state index contributed by atoms with van der Waals surface area (Å²) in [7, 11) is 0. The third-order valence-corrected chi connectivity index (χ3v) is 7.12. The second-order valence-electron chi connectivity index (χ2n) is 9.83. The van der Waals surface area contributed by atoms with Crippen molar-refractivity contribution in [2.24, 2.45) is 11.8 Å². The molecule has 0 atom stereocenters. The Bertz CT molecular complexity index is 997. The van der Waals surface area contributed by atoms with Crippen molar-refractivity contribution < 1.29 is 23.0 Å². The topological polar surface area (TPSA) is 44.7 Å². The molecule has 212 valence electrons. The maximum atomic E-state index is 12.7. The smallest absolute Gasteiger partial charge is 0.406 e. The number of allylic oxidation sites excluding steroid dienone is 5. The van der Waals surface area contributed by atoms with Crippen LogP contribution in [0.15, 0.2) is 70.6 Å². The van der Waals surface area contributed by atoms with Crippen LogP contribution in [0.2, 0.25) is 0 Å². The second kappa shape index (κ2) is 15.1. The van der Waals surface area contributed by atoms with E-state index < -0.39 is 6.36 Å². The van der Waals surface area contributed by atoms with Crippen LogP contribution in [0.1, 0.15) is 73.6 Å². The molecule has 1 aliphatic rings. The number of rotatable bonds is 14. The first kappa shape index (κ1) is 31.5. The van der Waals surface area contributed by atoms with Crippen molar-refractivity contribution in [1.82, 2.24) is 4.90 Å². The zero-order valence-corrected chi connectivity index (χ0v) is 23.8. The number of aliphatic hydroxyl groups is 1. The molecule has 0 unspecified atom stereocenters. The van der Waals surface area contributed by atoms with Gasteiger partial charge in [0.05, 0.1) is 0 Å². The van der Waals surface area contributed by atoms with Crippen molar-refractivity contribution in [2.45, 2.75) is 80.0 Å². The van der Waals surface area contributed by atoms with E-state index >= 15 is 0 Å². The monoisotopic (exact) mass is 534 g/mol. The molecule has 1 saturated heterocycles. The van der Waals surface area contributed by atoms with E-state index in [4.69, 9.17) is 0 Å². The Morgan fingerprint density at radius 2 is 1.76 bits per heavy atom. The normalized spacial score (nSPS) is 16.5. The van der Waals surface area contributed by atoms with E-state index in [0.717, 1.165) is 67.7 Å². The Labute approximate surface area is 227 Å². The van der Waals surface area contributed by atoms with Crippen LogP contribution in [0.4, 0.5) is 18.9 Å². The van der Waals surface area contributed by atoms with Crippen molar-refractivity contribution in [3.05, 3.63) is 70.6 Å². The Kier molecular flexibility index (Phi) is 12.5. The van der Waals surface area contributed by atoms with Crippen LogP contribution in [0.3, 0.4) is 0 Å². The van der Waals surface area contributed by atoms with Crippen LogP contribution < -0.4 is 10.1 Å². The molecule has 0 aliphatic carbocycles. The molecule has 0 saturated carbocycles. The number of likely N-dealkylation sites (tertiary alicyclic amines) is 1. The maximum Gasteiger partial charge on any atom is 0.573 e.